The van der Waals surface area contributed by atoms with Crippen molar-refractivity contribution >= 4 is 17.4 Å². The van der Waals surface area contributed by atoms with Crippen molar-refractivity contribution < 1.29 is 9.90 Å². The molecule has 0 saturated carbocycles. The highest BCUT2D eigenvalue weighted by Crippen LogP contribution is 2.50. The number of anilines is 2. The molecule has 2 aliphatic rings. The van der Waals surface area contributed by atoms with Gasteiger partial charge in [-0.3, -0.25) is 4.79 Å². The number of carbonyl (C=O) groups is 1. The standard InChI is InChI=1S/C28H29N5O2/c29-26-23-11-5-4-7-20(23)17-28(26)13-15-33(16-14-28)27-24(19-34)31-22(18-30-27)10-6-12-25(35)32-21-8-2-1-3-9-21/h1-5,7-9,11,18,26,34H,12-17,19,29H2,(H,32,35)/t26-/m1/s1. The van der Waals surface area contributed by atoms with Crippen molar-refractivity contribution in [2.24, 2.45) is 11.1 Å². The molecule has 1 fully saturated rings. The number of carbonyl (C=O) groups excluding carboxylic acids is 1. The molecule has 1 aromatic heterocycles. The summed E-state index contributed by atoms with van der Waals surface area (Å²) in [5.74, 6) is 6.24. The number of amides is 1. The topological polar surface area (TPSA) is 104 Å². The van der Waals surface area contributed by atoms with Crippen molar-refractivity contribution in [2.75, 3.05) is 23.3 Å². The number of para-hydroxylation sites is 1. The van der Waals surface area contributed by atoms with Gasteiger partial charge in [-0.05, 0) is 53.9 Å². The van der Waals surface area contributed by atoms with Gasteiger partial charge in [-0.15, -0.1) is 0 Å². The van der Waals surface area contributed by atoms with Crippen LogP contribution in [-0.4, -0.2) is 34.1 Å². The molecule has 1 aliphatic heterocycles. The van der Waals surface area contributed by atoms with Gasteiger partial charge in [0.1, 0.15) is 11.4 Å². The summed E-state index contributed by atoms with van der Waals surface area (Å²) in [5.41, 5.74) is 11.1. The number of piperidine rings is 1. The van der Waals surface area contributed by atoms with Crippen LogP contribution in [-0.2, 0) is 17.8 Å². The minimum Gasteiger partial charge on any atom is -0.390 e. The van der Waals surface area contributed by atoms with Crippen LogP contribution in [0.25, 0.3) is 0 Å². The van der Waals surface area contributed by atoms with Gasteiger partial charge in [-0.2, -0.15) is 0 Å². The third-order valence-electron chi connectivity index (χ3n) is 7.15. The highest BCUT2D eigenvalue weighted by Gasteiger charge is 2.46. The van der Waals surface area contributed by atoms with E-state index in [1.165, 1.54) is 11.1 Å². The van der Waals surface area contributed by atoms with E-state index in [1.54, 1.807) is 6.20 Å². The van der Waals surface area contributed by atoms with Crippen molar-refractivity contribution in [1.29, 1.82) is 0 Å². The lowest BCUT2D eigenvalue weighted by molar-refractivity contribution is -0.115. The van der Waals surface area contributed by atoms with E-state index in [-0.39, 0.29) is 30.4 Å². The van der Waals surface area contributed by atoms with E-state index < -0.39 is 0 Å². The molecule has 0 unspecified atom stereocenters. The highest BCUT2D eigenvalue weighted by molar-refractivity contribution is 5.92. The van der Waals surface area contributed by atoms with Gasteiger partial charge < -0.3 is 21.1 Å². The maximum atomic E-state index is 12.1. The predicted molar refractivity (Wildman–Crippen MR) is 135 cm³/mol. The van der Waals surface area contributed by atoms with E-state index in [4.69, 9.17) is 5.73 Å². The largest absolute Gasteiger partial charge is 0.390 e. The van der Waals surface area contributed by atoms with Gasteiger partial charge in [-0.1, -0.05) is 48.4 Å². The van der Waals surface area contributed by atoms with Crippen LogP contribution in [0.5, 0.6) is 0 Å². The van der Waals surface area contributed by atoms with E-state index in [1.807, 2.05) is 30.3 Å². The van der Waals surface area contributed by atoms with Gasteiger partial charge in [0.05, 0.1) is 19.2 Å². The van der Waals surface area contributed by atoms with Crippen molar-refractivity contribution in [1.82, 2.24) is 9.97 Å². The Bertz CT molecular complexity index is 1270. The molecule has 7 nitrogen and oxygen atoms in total. The van der Waals surface area contributed by atoms with E-state index >= 15 is 0 Å². The summed E-state index contributed by atoms with van der Waals surface area (Å²) in [6.07, 6.45) is 4.60. The monoisotopic (exact) mass is 467 g/mol. The number of rotatable bonds is 4. The number of aliphatic hydroxyl groups excluding tert-OH is 1. The minimum atomic E-state index is -0.223. The van der Waals surface area contributed by atoms with Crippen molar-refractivity contribution in [2.45, 2.75) is 38.3 Å². The SMILES string of the molecule is N[C@@H]1c2ccccc2CC12CCN(c1ncc(C#CCC(=O)Nc3ccccc3)nc1CO)CC2. The first-order valence-corrected chi connectivity index (χ1v) is 12.0. The molecule has 3 aromatic rings. The maximum Gasteiger partial charge on any atom is 0.236 e. The number of nitrogens with zero attached hydrogens (tertiary/aromatic N) is 3. The summed E-state index contributed by atoms with van der Waals surface area (Å²) >= 11 is 0. The molecular formula is C28H29N5O2. The van der Waals surface area contributed by atoms with E-state index in [0.717, 1.165) is 38.0 Å². The maximum absolute atomic E-state index is 12.1. The first-order valence-electron chi connectivity index (χ1n) is 12.0. The second-order valence-corrected chi connectivity index (χ2v) is 9.28. The Morgan fingerprint density at radius 2 is 1.89 bits per heavy atom. The summed E-state index contributed by atoms with van der Waals surface area (Å²) in [7, 11) is 0. The van der Waals surface area contributed by atoms with Crippen molar-refractivity contribution in [3.8, 4) is 11.8 Å². The number of aliphatic hydroxyl groups is 1. The van der Waals surface area contributed by atoms with Crippen molar-refractivity contribution in [3.05, 3.63) is 83.3 Å². The number of nitrogens with one attached hydrogen (secondary N) is 1. The first-order chi connectivity index (χ1) is 17.1. The Kier molecular flexibility index (Phi) is 6.49. The zero-order chi connectivity index (χ0) is 24.3. The molecule has 1 atom stereocenters. The van der Waals surface area contributed by atoms with Gasteiger partial charge in [0.15, 0.2) is 5.82 Å². The summed E-state index contributed by atoms with van der Waals surface area (Å²) in [6, 6.07) is 17.8. The fraction of sp³-hybridized carbons (Fsp3) is 0.321. The fourth-order valence-electron chi connectivity index (χ4n) is 5.26. The van der Waals surface area contributed by atoms with Crippen LogP contribution in [0, 0.1) is 17.3 Å². The summed E-state index contributed by atoms with van der Waals surface area (Å²) in [5, 5.41) is 12.8. The van der Waals surface area contributed by atoms with Crippen LogP contribution < -0.4 is 16.0 Å². The molecule has 2 heterocycles. The third-order valence-corrected chi connectivity index (χ3v) is 7.15. The Balaban J connectivity index is 1.22. The molecule has 1 spiro atoms. The Hall–Kier alpha value is -3.73. The number of hydrogen-bond acceptors (Lipinski definition) is 6. The quantitative estimate of drug-likeness (QED) is 0.509. The molecule has 178 valence electrons. The molecule has 5 rings (SSSR count). The highest BCUT2D eigenvalue weighted by atomic mass is 16.3. The molecule has 4 N–H and O–H groups in total. The van der Waals surface area contributed by atoms with Gasteiger partial charge in [-0.25, -0.2) is 9.97 Å². The third kappa shape index (κ3) is 4.76. The Morgan fingerprint density at radius 3 is 2.63 bits per heavy atom. The molecule has 1 saturated heterocycles. The zero-order valence-corrected chi connectivity index (χ0v) is 19.6. The minimum absolute atomic E-state index is 0.0453. The molecule has 35 heavy (non-hydrogen) atoms. The van der Waals surface area contributed by atoms with Crippen molar-refractivity contribution in [3.63, 3.8) is 0 Å². The zero-order valence-electron chi connectivity index (χ0n) is 19.6. The van der Waals surface area contributed by atoms with Crippen LogP contribution >= 0.6 is 0 Å². The average Bonchev–Trinajstić information content (AvgIpc) is 3.16. The van der Waals surface area contributed by atoms with Gasteiger partial charge in [0, 0.05) is 24.8 Å². The first kappa shape index (κ1) is 23.0. The normalized spacial score (nSPS) is 18.0. The fourth-order valence-corrected chi connectivity index (χ4v) is 5.26. The summed E-state index contributed by atoms with van der Waals surface area (Å²) in [6.45, 7) is 1.40. The number of fused-ring (bicyclic) bond motifs is 1. The lowest BCUT2D eigenvalue weighted by Gasteiger charge is -2.42. The van der Waals surface area contributed by atoms with Gasteiger partial charge in [0.2, 0.25) is 5.91 Å². The molecule has 7 heteroatoms. The molecule has 2 aromatic carbocycles. The number of hydrogen-bond donors (Lipinski definition) is 3. The van der Waals surface area contributed by atoms with Crippen LogP contribution in [0.15, 0.2) is 60.8 Å². The smallest absolute Gasteiger partial charge is 0.236 e. The summed E-state index contributed by atoms with van der Waals surface area (Å²) in [4.78, 5) is 23.3. The van der Waals surface area contributed by atoms with E-state index in [2.05, 4.69) is 56.3 Å². The lowest BCUT2D eigenvalue weighted by atomic mass is 9.73. The number of benzene rings is 2. The van der Waals surface area contributed by atoms with Gasteiger partial charge in [0.25, 0.3) is 0 Å². The Morgan fingerprint density at radius 1 is 1.14 bits per heavy atom. The lowest BCUT2D eigenvalue weighted by Crippen LogP contribution is -2.45. The predicted octanol–water partition coefficient (Wildman–Crippen LogP) is 3.19. The average molecular weight is 468 g/mol. The molecule has 0 radical (unpaired) electrons. The van der Waals surface area contributed by atoms with Crippen LogP contribution in [0.1, 0.15) is 47.8 Å². The number of aromatic nitrogens is 2. The van der Waals surface area contributed by atoms with Gasteiger partial charge >= 0.3 is 0 Å². The Labute approximate surface area is 205 Å². The molecule has 1 amide bonds. The second-order valence-electron chi connectivity index (χ2n) is 9.28. The molecule has 1 aliphatic carbocycles. The molecular weight excluding hydrogens is 438 g/mol. The van der Waals surface area contributed by atoms with Crippen LogP contribution in [0.3, 0.4) is 0 Å². The second kappa shape index (κ2) is 9.87. The van der Waals surface area contributed by atoms with E-state index in [9.17, 15) is 9.90 Å². The number of nitrogens with two attached hydrogens (primary N) is 1. The molecule has 0 bridgehead atoms. The van der Waals surface area contributed by atoms with Crippen LogP contribution in [0.2, 0.25) is 0 Å². The van der Waals surface area contributed by atoms with Crippen LogP contribution in [0.4, 0.5) is 11.5 Å². The van der Waals surface area contributed by atoms with E-state index in [0.29, 0.717) is 17.2 Å². The summed E-state index contributed by atoms with van der Waals surface area (Å²) < 4.78 is 0.